The third-order valence-electron chi connectivity index (χ3n) is 3.56. The smallest absolute Gasteiger partial charge is 0.0721 e. The maximum Gasteiger partial charge on any atom is 0.0721 e. The first-order valence-electron chi connectivity index (χ1n) is 6.67. The molecule has 0 atom stereocenters. The van der Waals surface area contributed by atoms with Gasteiger partial charge in [0.05, 0.1) is 13.2 Å². The predicted molar refractivity (Wildman–Crippen MR) is 72.1 cm³/mol. The molecule has 0 radical (unpaired) electrons. The normalized spacial score (nSPS) is 16.9. The highest BCUT2D eigenvalue weighted by Gasteiger charge is 2.14. The van der Waals surface area contributed by atoms with E-state index in [1.165, 1.54) is 43.2 Å². The predicted octanol–water partition coefficient (Wildman–Crippen LogP) is 4.44. The van der Waals surface area contributed by atoms with E-state index in [0.717, 1.165) is 5.92 Å². The molecule has 0 heterocycles. The van der Waals surface area contributed by atoms with Crippen molar-refractivity contribution in [2.75, 3.05) is 6.61 Å². The van der Waals surface area contributed by atoms with Crippen molar-refractivity contribution >= 4 is 0 Å². The molecule has 0 N–H and O–H groups in total. The molecule has 0 saturated heterocycles. The van der Waals surface area contributed by atoms with E-state index in [4.69, 9.17) is 4.74 Å². The van der Waals surface area contributed by atoms with Gasteiger partial charge in [-0.15, -0.1) is 6.58 Å². The summed E-state index contributed by atoms with van der Waals surface area (Å²) < 4.78 is 5.44. The molecule has 1 saturated carbocycles. The number of hydrogen-bond acceptors (Lipinski definition) is 1. The number of ether oxygens (including phenoxy) is 1. The number of benzene rings is 1. The van der Waals surface area contributed by atoms with Gasteiger partial charge in [0.2, 0.25) is 0 Å². The Balaban J connectivity index is 1.90. The van der Waals surface area contributed by atoms with Crippen molar-refractivity contribution in [1.29, 1.82) is 0 Å². The average Bonchev–Trinajstić information content (AvgIpc) is 2.41. The van der Waals surface area contributed by atoms with Crippen molar-refractivity contribution in [2.45, 2.75) is 44.6 Å². The third-order valence-corrected chi connectivity index (χ3v) is 3.56. The lowest BCUT2D eigenvalue weighted by Crippen LogP contribution is -2.04. The van der Waals surface area contributed by atoms with E-state index in [1.807, 2.05) is 0 Å². The van der Waals surface area contributed by atoms with Crippen molar-refractivity contribution in [3.63, 3.8) is 0 Å². The van der Waals surface area contributed by atoms with Crippen LogP contribution in [0.2, 0.25) is 0 Å². The SMILES string of the molecule is C=CCOCc1ccc(C2CCCCC2)cc1. The summed E-state index contributed by atoms with van der Waals surface area (Å²) in [4.78, 5) is 0. The van der Waals surface area contributed by atoms with Crippen molar-refractivity contribution in [3.8, 4) is 0 Å². The Morgan fingerprint density at radius 1 is 1.12 bits per heavy atom. The van der Waals surface area contributed by atoms with Gasteiger partial charge in [0.15, 0.2) is 0 Å². The van der Waals surface area contributed by atoms with Gasteiger partial charge in [-0.2, -0.15) is 0 Å². The molecule has 0 unspecified atom stereocenters. The van der Waals surface area contributed by atoms with Crippen LogP contribution in [0.5, 0.6) is 0 Å². The summed E-state index contributed by atoms with van der Waals surface area (Å²) in [6.07, 6.45) is 8.74. The fourth-order valence-corrected chi connectivity index (χ4v) is 2.58. The van der Waals surface area contributed by atoms with Crippen molar-refractivity contribution in [3.05, 3.63) is 48.0 Å². The highest BCUT2D eigenvalue weighted by molar-refractivity contribution is 5.25. The Labute approximate surface area is 104 Å². The molecule has 0 amide bonds. The summed E-state index contributed by atoms with van der Waals surface area (Å²) in [6.45, 7) is 4.96. The van der Waals surface area contributed by atoms with E-state index in [9.17, 15) is 0 Å². The maximum absolute atomic E-state index is 5.44. The van der Waals surface area contributed by atoms with Gasteiger partial charge >= 0.3 is 0 Å². The summed E-state index contributed by atoms with van der Waals surface area (Å²) in [5.41, 5.74) is 2.77. The summed E-state index contributed by atoms with van der Waals surface area (Å²) in [6, 6.07) is 8.96. The molecule has 1 nitrogen and oxygen atoms in total. The highest BCUT2D eigenvalue weighted by atomic mass is 16.5. The second-order valence-corrected chi connectivity index (χ2v) is 4.88. The van der Waals surface area contributed by atoms with Crippen LogP contribution in [0.15, 0.2) is 36.9 Å². The molecular formula is C16H22O. The molecule has 0 aliphatic heterocycles. The summed E-state index contributed by atoms with van der Waals surface area (Å²) in [7, 11) is 0. The molecule has 1 heteroatoms. The van der Waals surface area contributed by atoms with E-state index in [2.05, 4.69) is 30.8 Å². The fourth-order valence-electron chi connectivity index (χ4n) is 2.58. The fraction of sp³-hybridized carbons (Fsp3) is 0.500. The van der Waals surface area contributed by atoms with Crippen LogP contribution < -0.4 is 0 Å². The summed E-state index contributed by atoms with van der Waals surface area (Å²) in [5, 5.41) is 0. The van der Waals surface area contributed by atoms with E-state index in [0.29, 0.717) is 13.2 Å². The zero-order chi connectivity index (χ0) is 11.9. The monoisotopic (exact) mass is 230 g/mol. The minimum absolute atomic E-state index is 0.629. The van der Waals surface area contributed by atoms with Crippen molar-refractivity contribution in [2.24, 2.45) is 0 Å². The van der Waals surface area contributed by atoms with E-state index < -0.39 is 0 Å². The lowest BCUT2D eigenvalue weighted by molar-refractivity contribution is 0.149. The van der Waals surface area contributed by atoms with E-state index in [-0.39, 0.29) is 0 Å². The molecule has 0 aromatic heterocycles. The van der Waals surface area contributed by atoms with Gasteiger partial charge in [0.25, 0.3) is 0 Å². The molecule has 1 aliphatic rings. The van der Waals surface area contributed by atoms with Crippen LogP contribution in [-0.4, -0.2) is 6.61 Å². The highest BCUT2D eigenvalue weighted by Crippen LogP contribution is 2.32. The minimum Gasteiger partial charge on any atom is -0.373 e. The zero-order valence-corrected chi connectivity index (χ0v) is 10.5. The maximum atomic E-state index is 5.44. The van der Waals surface area contributed by atoms with Gasteiger partial charge < -0.3 is 4.74 Å². The Morgan fingerprint density at radius 3 is 2.47 bits per heavy atom. The van der Waals surface area contributed by atoms with Gasteiger partial charge in [-0.05, 0) is 29.9 Å². The second-order valence-electron chi connectivity index (χ2n) is 4.88. The first-order valence-corrected chi connectivity index (χ1v) is 6.67. The van der Waals surface area contributed by atoms with Crippen LogP contribution in [-0.2, 0) is 11.3 Å². The molecule has 0 bridgehead atoms. The molecule has 17 heavy (non-hydrogen) atoms. The molecule has 1 aliphatic carbocycles. The summed E-state index contributed by atoms with van der Waals surface area (Å²) in [5.74, 6) is 0.798. The molecule has 1 aromatic carbocycles. The van der Waals surface area contributed by atoms with Gasteiger partial charge in [-0.3, -0.25) is 0 Å². The van der Waals surface area contributed by atoms with Gasteiger partial charge in [-0.25, -0.2) is 0 Å². The zero-order valence-electron chi connectivity index (χ0n) is 10.5. The second kappa shape index (κ2) is 6.61. The lowest BCUT2D eigenvalue weighted by atomic mass is 9.84. The van der Waals surface area contributed by atoms with Gasteiger partial charge in [0, 0.05) is 0 Å². The van der Waals surface area contributed by atoms with Crippen LogP contribution >= 0.6 is 0 Å². The Kier molecular flexibility index (Phi) is 4.81. The number of hydrogen-bond donors (Lipinski definition) is 0. The Morgan fingerprint density at radius 2 is 1.82 bits per heavy atom. The van der Waals surface area contributed by atoms with Crippen molar-refractivity contribution in [1.82, 2.24) is 0 Å². The van der Waals surface area contributed by atoms with Crippen LogP contribution in [0, 0.1) is 0 Å². The number of rotatable bonds is 5. The van der Waals surface area contributed by atoms with Crippen LogP contribution in [0.1, 0.15) is 49.1 Å². The Hall–Kier alpha value is -1.08. The average molecular weight is 230 g/mol. The van der Waals surface area contributed by atoms with Crippen LogP contribution in [0.25, 0.3) is 0 Å². The Bertz CT molecular complexity index is 333. The topological polar surface area (TPSA) is 9.23 Å². The largest absolute Gasteiger partial charge is 0.373 e. The standard InChI is InChI=1S/C16H22O/c1-2-12-17-13-14-8-10-16(11-9-14)15-6-4-3-5-7-15/h2,8-11,15H,1,3-7,12-13H2. The first kappa shape index (κ1) is 12.4. The molecule has 1 fully saturated rings. The van der Waals surface area contributed by atoms with Gasteiger partial charge in [-0.1, -0.05) is 49.6 Å². The quantitative estimate of drug-likeness (QED) is 0.537. The van der Waals surface area contributed by atoms with Crippen LogP contribution in [0.3, 0.4) is 0 Å². The van der Waals surface area contributed by atoms with Gasteiger partial charge in [0.1, 0.15) is 0 Å². The lowest BCUT2D eigenvalue weighted by Gasteiger charge is -2.22. The van der Waals surface area contributed by atoms with Crippen molar-refractivity contribution < 1.29 is 4.74 Å². The molecule has 92 valence electrons. The van der Waals surface area contributed by atoms with Crippen LogP contribution in [0.4, 0.5) is 0 Å². The molecule has 2 rings (SSSR count). The molecule has 0 spiro atoms. The third kappa shape index (κ3) is 3.71. The summed E-state index contributed by atoms with van der Waals surface area (Å²) >= 11 is 0. The minimum atomic E-state index is 0.629. The van der Waals surface area contributed by atoms with E-state index >= 15 is 0 Å². The molecular weight excluding hydrogens is 208 g/mol. The van der Waals surface area contributed by atoms with E-state index in [1.54, 1.807) is 6.08 Å². The molecule has 1 aromatic rings. The first-order chi connectivity index (χ1) is 8.40.